The Morgan fingerprint density at radius 1 is 1.60 bits per heavy atom. The number of aliphatic hydroxyl groups excluding tert-OH is 1. The van der Waals surface area contributed by atoms with Crippen LogP contribution in [0, 0.1) is 0 Å². The first-order valence-corrected chi connectivity index (χ1v) is 3.12. The molecular weight excluding hydrogens is 139 g/mol. The van der Waals surface area contributed by atoms with Crippen molar-refractivity contribution in [2.75, 3.05) is 6.67 Å². The maximum Gasteiger partial charge on any atom is 0.305 e. The lowest BCUT2D eigenvalue weighted by Gasteiger charge is -2.03. The Bertz CT molecular complexity index is 105. The first-order valence-electron chi connectivity index (χ1n) is 3.12. The Kier molecular flexibility index (Phi) is 4.84. The van der Waals surface area contributed by atoms with Crippen molar-refractivity contribution < 1.29 is 19.4 Å². The number of rotatable bonds is 5. The number of hydrogen-bond donors (Lipinski definition) is 2. The number of halogens is 1. The summed E-state index contributed by atoms with van der Waals surface area (Å²) in [5.74, 6) is -1.05. The molecule has 0 saturated heterocycles. The molecule has 0 radical (unpaired) electrons. The Morgan fingerprint density at radius 3 is 2.60 bits per heavy atom. The Morgan fingerprint density at radius 2 is 2.20 bits per heavy atom. The van der Waals surface area contributed by atoms with Crippen LogP contribution in [0.2, 0.25) is 0 Å². The molecule has 0 bridgehead atoms. The number of carboxylic acid groups (broad SMARTS) is 1. The van der Waals surface area contributed by atoms with Crippen LogP contribution in [0.25, 0.3) is 0 Å². The number of hydrogen-bond acceptors (Lipinski definition) is 2. The van der Waals surface area contributed by atoms with Gasteiger partial charge >= 0.3 is 5.97 Å². The maximum atomic E-state index is 11.4. The molecule has 0 aliphatic heterocycles. The predicted molar refractivity (Wildman–Crippen MR) is 33.5 cm³/mol. The van der Waals surface area contributed by atoms with Crippen LogP contribution in [0.1, 0.15) is 19.3 Å². The van der Waals surface area contributed by atoms with E-state index in [1.165, 1.54) is 0 Å². The highest BCUT2D eigenvalue weighted by atomic mass is 19.1. The third-order valence-electron chi connectivity index (χ3n) is 1.08. The van der Waals surface area contributed by atoms with Gasteiger partial charge in [-0.1, -0.05) is 0 Å². The van der Waals surface area contributed by atoms with E-state index in [9.17, 15) is 9.18 Å². The monoisotopic (exact) mass is 150 g/mol. The molecule has 0 aromatic rings. The first kappa shape index (κ1) is 9.36. The summed E-state index contributed by atoms with van der Waals surface area (Å²) >= 11 is 0. The van der Waals surface area contributed by atoms with Crippen molar-refractivity contribution in [3.05, 3.63) is 0 Å². The van der Waals surface area contributed by atoms with E-state index < -0.39 is 18.7 Å². The van der Waals surface area contributed by atoms with Gasteiger partial charge in [0.1, 0.15) is 0 Å². The van der Waals surface area contributed by atoms with Crippen molar-refractivity contribution in [1.29, 1.82) is 0 Å². The van der Waals surface area contributed by atoms with Gasteiger partial charge in [0, 0.05) is 0 Å². The molecule has 60 valence electrons. The molecule has 0 rings (SSSR count). The van der Waals surface area contributed by atoms with Crippen molar-refractivity contribution in [1.82, 2.24) is 0 Å². The average Bonchev–Trinajstić information content (AvgIpc) is 1.82. The van der Waals surface area contributed by atoms with Crippen LogP contribution in [-0.4, -0.2) is 29.0 Å². The number of carbonyl (C=O) groups is 1. The lowest BCUT2D eigenvalue weighted by atomic mass is 10.1. The molecule has 0 aliphatic carbocycles. The standard InChI is InChI=1S/C6H11FO3/c7-3-1-2-5(8)4-6(9)10/h5,8H,1-4H2,(H,9,10)/t5-/m0/s1. The van der Waals surface area contributed by atoms with Crippen molar-refractivity contribution in [3.8, 4) is 0 Å². The van der Waals surface area contributed by atoms with Crippen molar-refractivity contribution in [3.63, 3.8) is 0 Å². The number of aliphatic carboxylic acids is 1. The van der Waals surface area contributed by atoms with E-state index in [2.05, 4.69) is 0 Å². The highest BCUT2D eigenvalue weighted by Crippen LogP contribution is 2.01. The van der Waals surface area contributed by atoms with Crippen molar-refractivity contribution in [2.45, 2.75) is 25.4 Å². The summed E-state index contributed by atoms with van der Waals surface area (Å²) in [6, 6.07) is 0. The van der Waals surface area contributed by atoms with Gasteiger partial charge in [-0.05, 0) is 12.8 Å². The first-order chi connectivity index (χ1) is 4.66. The van der Waals surface area contributed by atoms with Gasteiger partial charge < -0.3 is 10.2 Å². The van der Waals surface area contributed by atoms with Gasteiger partial charge in [-0.2, -0.15) is 0 Å². The average molecular weight is 150 g/mol. The summed E-state index contributed by atoms with van der Waals surface area (Å²) in [7, 11) is 0. The third kappa shape index (κ3) is 5.50. The summed E-state index contributed by atoms with van der Waals surface area (Å²) in [6.45, 7) is -0.503. The van der Waals surface area contributed by atoms with Crippen LogP contribution in [0.15, 0.2) is 0 Å². The molecule has 0 unspecified atom stereocenters. The molecule has 0 aromatic carbocycles. The molecule has 4 heteroatoms. The Balaban J connectivity index is 3.25. The molecule has 0 spiro atoms. The van der Waals surface area contributed by atoms with E-state index in [1.807, 2.05) is 0 Å². The minimum absolute atomic E-state index is 0.225. The zero-order chi connectivity index (χ0) is 7.98. The summed E-state index contributed by atoms with van der Waals surface area (Å²) in [5, 5.41) is 16.9. The van der Waals surface area contributed by atoms with Gasteiger partial charge in [0.15, 0.2) is 0 Å². The molecule has 0 saturated carbocycles. The van der Waals surface area contributed by atoms with E-state index >= 15 is 0 Å². The molecule has 0 heterocycles. The molecule has 0 fully saturated rings. The Hall–Kier alpha value is -0.640. The molecular formula is C6H11FO3. The van der Waals surface area contributed by atoms with Crippen LogP contribution >= 0.6 is 0 Å². The zero-order valence-electron chi connectivity index (χ0n) is 5.59. The normalized spacial score (nSPS) is 13.0. The van der Waals surface area contributed by atoms with Crippen LogP contribution < -0.4 is 0 Å². The lowest BCUT2D eigenvalue weighted by molar-refractivity contribution is -0.139. The number of aliphatic hydroxyl groups is 1. The van der Waals surface area contributed by atoms with Crippen molar-refractivity contribution >= 4 is 5.97 Å². The second kappa shape index (κ2) is 5.17. The van der Waals surface area contributed by atoms with Gasteiger partial charge in [-0.25, -0.2) is 0 Å². The highest BCUT2D eigenvalue weighted by Gasteiger charge is 2.07. The minimum atomic E-state index is -1.05. The fourth-order valence-electron chi connectivity index (χ4n) is 0.616. The number of alkyl halides is 1. The van der Waals surface area contributed by atoms with E-state index in [0.717, 1.165) is 0 Å². The molecule has 0 aromatic heterocycles. The second-order valence-electron chi connectivity index (χ2n) is 2.08. The number of carboxylic acids is 1. The van der Waals surface area contributed by atoms with E-state index in [1.54, 1.807) is 0 Å². The molecule has 10 heavy (non-hydrogen) atoms. The molecule has 2 N–H and O–H groups in total. The lowest BCUT2D eigenvalue weighted by Crippen LogP contribution is -2.12. The van der Waals surface area contributed by atoms with E-state index in [0.29, 0.717) is 0 Å². The highest BCUT2D eigenvalue weighted by molar-refractivity contribution is 5.67. The maximum absolute atomic E-state index is 11.4. The molecule has 3 nitrogen and oxygen atoms in total. The SMILES string of the molecule is O=C(O)C[C@@H](O)CCCF. The topological polar surface area (TPSA) is 57.5 Å². The van der Waals surface area contributed by atoms with Gasteiger partial charge in [0.25, 0.3) is 0 Å². The minimum Gasteiger partial charge on any atom is -0.481 e. The fourth-order valence-corrected chi connectivity index (χ4v) is 0.616. The van der Waals surface area contributed by atoms with Gasteiger partial charge in [-0.15, -0.1) is 0 Å². The smallest absolute Gasteiger partial charge is 0.305 e. The summed E-state index contributed by atoms with van der Waals surface area (Å²) in [4.78, 5) is 9.92. The van der Waals surface area contributed by atoms with E-state index in [-0.39, 0.29) is 19.3 Å². The van der Waals surface area contributed by atoms with Crippen LogP contribution in [-0.2, 0) is 4.79 Å². The predicted octanol–water partition coefficient (Wildman–Crippen LogP) is 0.572. The van der Waals surface area contributed by atoms with Gasteiger partial charge in [0.05, 0.1) is 19.2 Å². The molecule has 0 amide bonds. The quantitative estimate of drug-likeness (QED) is 0.602. The van der Waals surface area contributed by atoms with Gasteiger partial charge in [-0.3, -0.25) is 9.18 Å². The van der Waals surface area contributed by atoms with Crippen LogP contribution in [0.4, 0.5) is 4.39 Å². The van der Waals surface area contributed by atoms with Crippen molar-refractivity contribution in [2.24, 2.45) is 0 Å². The fraction of sp³-hybridized carbons (Fsp3) is 0.833. The zero-order valence-corrected chi connectivity index (χ0v) is 5.59. The van der Waals surface area contributed by atoms with Crippen LogP contribution in [0.3, 0.4) is 0 Å². The summed E-state index contributed by atoms with van der Waals surface area (Å²) in [6.07, 6.45) is -0.731. The summed E-state index contributed by atoms with van der Waals surface area (Å²) in [5.41, 5.74) is 0. The van der Waals surface area contributed by atoms with Gasteiger partial charge in [0.2, 0.25) is 0 Å². The Labute approximate surface area is 58.5 Å². The second-order valence-corrected chi connectivity index (χ2v) is 2.08. The summed E-state index contributed by atoms with van der Waals surface area (Å²) < 4.78 is 11.4. The van der Waals surface area contributed by atoms with E-state index in [4.69, 9.17) is 10.2 Å². The molecule has 0 aliphatic rings. The largest absolute Gasteiger partial charge is 0.481 e. The molecule has 1 atom stereocenters. The van der Waals surface area contributed by atoms with Crippen LogP contribution in [0.5, 0.6) is 0 Å². The third-order valence-corrected chi connectivity index (χ3v) is 1.08.